The SMILES string of the molecule is c1ccc(C2=NC3(N=C2c2ccccc2)c2cc4c5cc2CCc2cc(c(cc2-c2nc(-c6ccccc6)c(-c6ccccc6)n23)CC4)-c2nc(-c3ccccc3)c(-c3ccccc3)n2C52N=C(c3ccccc3)C(c3ccccc3)=N2)cc1. The Hall–Kier alpha value is -10.7. The van der Waals surface area contributed by atoms with Gasteiger partial charge in [-0.25, -0.2) is 29.9 Å². The minimum Gasteiger partial charge on any atom is -0.275 e. The summed E-state index contributed by atoms with van der Waals surface area (Å²) in [5, 5.41) is 0. The number of hydrogen-bond acceptors (Lipinski definition) is 6. The third-order valence-corrected chi connectivity index (χ3v) is 17.5. The summed E-state index contributed by atoms with van der Waals surface area (Å²) in [6.45, 7) is 0. The van der Waals surface area contributed by atoms with Gasteiger partial charge in [0.15, 0.2) is 0 Å². The maximum atomic E-state index is 6.26. The first-order valence-corrected chi connectivity index (χ1v) is 29.0. The highest BCUT2D eigenvalue weighted by molar-refractivity contribution is 6.55. The molecule has 396 valence electrons. The van der Waals surface area contributed by atoms with Crippen LogP contribution < -0.4 is 0 Å². The summed E-state index contributed by atoms with van der Waals surface area (Å²) < 4.78 is 4.84. The molecule has 0 saturated carbocycles. The van der Waals surface area contributed by atoms with Crippen molar-refractivity contribution in [3.63, 3.8) is 0 Å². The molecule has 8 heteroatoms. The lowest BCUT2D eigenvalue weighted by molar-refractivity contribution is 0.395. The molecule has 6 heterocycles. The van der Waals surface area contributed by atoms with Crippen LogP contribution in [0.5, 0.6) is 0 Å². The highest BCUT2D eigenvalue weighted by Gasteiger charge is 2.52. The van der Waals surface area contributed by atoms with Gasteiger partial charge in [0.1, 0.15) is 11.6 Å². The van der Waals surface area contributed by atoms with Crippen molar-refractivity contribution < 1.29 is 0 Å². The number of nitrogens with zero attached hydrogens (tertiary/aromatic N) is 8. The number of benzene rings is 10. The molecule has 0 saturated heterocycles. The molecule has 16 rings (SSSR count). The normalized spacial score (nSPS) is 15.4. The van der Waals surface area contributed by atoms with E-state index in [0.29, 0.717) is 25.7 Å². The Bertz CT molecular complexity index is 4300. The van der Waals surface area contributed by atoms with E-state index >= 15 is 0 Å². The summed E-state index contributed by atoms with van der Waals surface area (Å²) >= 11 is 0. The van der Waals surface area contributed by atoms with Crippen molar-refractivity contribution >= 4 is 22.8 Å². The molecular weight excluding hydrogens is 1020 g/mol. The summed E-state index contributed by atoms with van der Waals surface area (Å²) in [5.74, 6) is -1.24. The van der Waals surface area contributed by atoms with Gasteiger partial charge in [-0.2, -0.15) is 0 Å². The average molecular weight is 1080 g/mol. The molecule has 0 unspecified atom stereocenters. The fraction of sp³-hybridized carbons (Fsp3) is 0.0789. The molecule has 0 radical (unpaired) electrons. The van der Waals surface area contributed by atoms with Gasteiger partial charge >= 0.3 is 0 Å². The van der Waals surface area contributed by atoms with E-state index in [1.165, 1.54) is 0 Å². The number of aliphatic imine (C=N–C) groups is 4. The van der Waals surface area contributed by atoms with E-state index in [2.05, 4.69) is 276 Å². The molecular formula is C76H52N8. The topological polar surface area (TPSA) is 85.1 Å². The lowest BCUT2D eigenvalue weighted by atomic mass is 9.85. The highest BCUT2D eigenvalue weighted by Crippen LogP contribution is 2.55. The molecule has 2 aromatic heterocycles. The second-order valence-corrected chi connectivity index (χ2v) is 22.3. The van der Waals surface area contributed by atoms with Gasteiger partial charge in [0.25, 0.3) is 11.6 Å². The Morgan fingerprint density at radius 2 is 0.512 bits per heavy atom. The van der Waals surface area contributed by atoms with Crippen molar-refractivity contribution in [1.82, 2.24) is 19.1 Å². The van der Waals surface area contributed by atoms with Crippen molar-refractivity contribution in [1.29, 1.82) is 0 Å². The molecule has 0 aliphatic carbocycles. The van der Waals surface area contributed by atoms with Crippen molar-refractivity contribution in [2.45, 2.75) is 37.3 Å². The Morgan fingerprint density at radius 3 is 0.798 bits per heavy atom. The predicted molar refractivity (Wildman–Crippen MR) is 338 cm³/mol. The van der Waals surface area contributed by atoms with Crippen LogP contribution >= 0.6 is 0 Å². The molecule has 0 N–H and O–H groups in total. The van der Waals surface area contributed by atoms with Crippen molar-refractivity contribution in [2.24, 2.45) is 20.0 Å². The van der Waals surface area contributed by atoms with Crippen LogP contribution in [0.15, 0.2) is 287 Å². The van der Waals surface area contributed by atoms with E-state index in [0.717, 1.165) is 146 Å². The first-order valence-electron chi connectivity index (χ1n) is 29.0. The van der Waals surface area contributed by atoms with Gasteiger partial charge in [0.05, 0.1) is 45.6 Å². The monoisotopic (exact) mass is 1080 g/mol. The Balaban J connectivity index is 1.10. The Labute approximate surface area is 487 Å². The van der Waals surface area contributed by atoms with Crippen molar-refractivity contribution in [3.05, 3.63) is 323 Å². The van der Waals surface area contributed by atoms with Gasteiger partial charge in [0.2, 0.25) is 0 Å². The molecule has 8 nitrogen and oxygen atoms in total. The average Bonchev–Trinajstić information content (AvgIpc) is 1.59. The maximum Gasteiger partial charge on any atom is 0.261 e. The summed E-state index contributed by atoms with van der Waals surface area (Å²) in [7, 11) is 0. The zero-order valence-electron chi connectivity index (χ0n) is 45.8. The van der Waals surface area contributed by atoms with Gasteiger partial charge in [0, 0.05) is 66.8 Å². The number of aryl methyl sites for hydroxylation is 4. The van der Waals surface area contributed by atoms with Gasteiger partial charge in [-0.05, 0) is 72.2 Å². The molecule has 0 amide bonds. The molecule has 10 aromatic carbocycles. The van der Waals surface area contributed by atoms with Crippen LogP contribution in [0.4, 0.5) is 0 Å². The van der Waals surface area contributed by atoms with E-state index in [1.54, 1.807) is 0 Å². The van der Waals surface area contributed by atoms with Crippen LogP contribution in [0.1, 0.15) is 55.6 Å². The van der Waals surface area contributed by atoms with Crippen molar-refractivity contribution in [3.8, 4) is 67.8 Å². The molecule has 0 fully saturated rings. The Morgan fingerprint density at radius 1 is 0.262 bits per heavy atom. The minimum atomic E-state index is -1.43. The number of rotatable bonds is 8. The third-order valence-electron chi connectivity index (χ3n) is 17.5. The van der Waals surface area contributed by atoms with E-state index < -0.39 is 11.6 Å². The number of fused-ring (bicyclic) bond motifs is 12. The van der Waals surface area contributed by atoms with Gasteiger partial charge in [-0.15, -0.1) is 0 Å². The lowest BCUT2D eigenvalue weighted by Gasteiger charge is -2.35. The van der Waals surface area contributed by atoms with Crippen LogP contribution in [0.3, 0.4) is 0 Å². The molecule has 0 bridgehead atoms. The molecule has 4 aliphatic rings. The Kier molecular flexibility index (Phi) is 10.8. The summed E-state index contributed by atoms with van der Waals surface area (Å²) in [6.07, 6.45) is 2.74. The number of hydrogen-bond donors (Lipinski definition) is 0. The van der Waals surface area contributed by atoms with Crippen LogP contribution in [0.25, 0.3) is 67.8 Å². The molecule has 84 heavy (non-hydrogen) atoms. The predicted octanol–water partition coefficient (Wildman–Crippen LogP) is 15.9. The van der Waals surface area contributed by atoms with Crippen LogP contribution in [-0.4, -0.2) is 41.9 Å². The lowest BCUT2D eigenvalue weighted by Crippen LogP contribution is -2.35. The summed E-state index contributed by atoms with van der Waals surface area (Å²) in [5.41, 5.74) is 23.5. The zero-order chi connectivity index (χ0) is 55.3. The largest absolute Gasteiger partial charge is 0.275 e. The number of imidazole rings is 2. The quantitative estimate of drug-likeness (QED) is 0.152. The third kappa shape index (κ3) is 7.33. The fourth-order valence-electron chi connectivity index (χ4n) is 13.7. The second-order valence-electron chi connectivity index (χ2n) is 22.3. The fourth-order valence-corrected chi connectivity index (χ4v) is 13.7. The number of aromatic nitrogens is 4. The van der Waals surface area contributed by atoms with Gasteiger partial charge < -0.3 is 0 Å². The van der Waals surface area contributed by atoms with E-state index in [4.69, 9.17) is 29.9 Å². The van der Waals surface area contributed by atoms with Crippen LogP contribution in [-0.2, 0) is 37.3 Å². The zero-order valence-corrected chi connectivity index (χ0v) is 45.8. The molecule has 12 aromatic rings. The van der Waals surface area contributed by atoms with E-state index in [1.807, 2.05) is 0 Å². The summed E-state index contributed by atoms with van der Waals surface area (Å²) in [4.78, 5) is 37.0. The van der Waals surface area contributed by atoms with Crippen LogP contribution in [0.2, 0.25) is 0 Å². The first kappa shape index (κ1) is 48.0. The maximum absolute atomic E-state index is 6.26. The second kappa shape index (κ2) is 18.9. The van der Waals surface area contributed by atoms with Gasteiger partial charge in [-0.1, -0.05) is 243 Å². The minimum absolute atomic E-state index is 0.670. The standard InChI is InChI=1S/C76H52N8/c1-9-25-49(26-10-1)65-66(50-27-11-2-12-28-50)80-75(79-65)63-47-60-44-42-58-45-61(73-77-69(53-33-17-5-18-34-53)71(83(73)75)55-37-21-7-22-38-55)57-41-43-59(63)48-64(60)76(81-67(51-29-13-3-14-30-51)68(82-76)52-31-15-4-16-32-52)84-72(56-39-23-8-24-40-56)70(54-35-19-6-20-36-54)78-74(84)62(58)46-57/h1-40,45-48H,41-44H2. The first-order chi connectivity index (χ1) is 41.6. The van der Waals surface area contributed by atoms with Crippen molar-refractivity contribution in [2.75, 3.05) is 0 Å². The molecule has 0 atom stereocenters. The highest BCUT2D eigenvalue weighted by atomic mass is 15.4. The molecule has 4 aliphatic heterocycles. The van der Waals surface area contributed by atoms with Gasteiger partial charge in [-0.3, -0.25) is 9.13 Å². The molecule has 2 spiro atoms. The summed E-state index contributed by atoms with van der Waals surface area (Å²) in [6, 6.07) is 95.0. The van der Waals surface area contributed by atoms with E-state index in [-0.39, 0.29) is 0 Å². The van der Waals surface area contributed by atoms with Crippen LogP contribution in [0, 0.1) is 0 Å². The van der Waals surface area contributed by atoms with E-state index in [9.17, 15) is 0 Å². The smallest absolute Gasteiger partial charge is 0.261 e.